The van der Waals surface area contributed by atoms with Gasteiger partial charge >= 0.3 is 0 Å². The van der Waals surface area contributed by atoms with Gasteiger partial charge in [0.2, 0.25) is 0 Å². The summed E-state index contributed by atoms with van der Waals surface area (Å²) in [6.45, 7) is 3.79. The summed E-state index contributed by atoms with van der Waals surface area (Å²) in [6.07, 6.45) is -0.613. The lowest BCUT2D eigenvalue weighted by atomic mass is 9.88. The molecular weight excluding hydrogens is 172 g/mol. The lowest BCUT2D eigenvalue weighted by Crippen LogP contribution is -2.56. The molecule has 0 radical (unpaired) electrons. The third-order valence-corrected chi connectivity index (χ3v) is 2.70. The highest BCUT2D eigenvalue weighted by Gasteiger charge is 2.45. The van der Waals surface area contributed by atoms with Crippen LogP contribution in [0.2, 0.25) is 0 Å². The smallest absolute Gasteiger partial charge is 0.157 e. The molecule has 1 saturated heterocycles. The van der Waals surface area contributed by atoms with Crippen molar-refractivity contribution in [3.8, 4) is 0 Å². The number of hydrogen-bond acceptors (Lipinski definition) is 4. The standard InChI is InChI=1S/C9H18O4/c1-6-8(11-3)9(2,12-4)5-7(10)13-6/h6-8,10H,5H2,1-4H3. The molecule has 1 fully saturated rings. The molecule has 78 valence electrons. The van der Waals surface area contributed by atoms with Gasteiger partial charge in [-0.3, -0.25) is 0 Å². The molecule has 0 aromatic heterocycles. The van der Waals surface area contributed by atoms with Crippen LogP contribution in [0.25, 0.3) is 0 Å². The van der Waals surface area contributed by atoms with Crippen LogP contribution in [0, 0.1) is 0 Å². The summed E-state index contributed by atoms with van der Waals surface area (Å²) >= 11 is 0. The number of hydrogen-bond donors (Lipinski definition) is 1. The van der Waals surface area contributed by atoms with E-state index in [9.17, 15) is 5.11 Å². The molecule has 1 aliphatic heterocycles. The fourth-order valence-corrected chi connectivity index (χ4v) is 1.97. The molecule has 1 rings (SSSR count). The minimum atomic E-state index is -0.758. The summed E-state index contributed by atoms with van der Waals surface area (Å²) in [5.74, 6) is 0. The average Bonchev–Trinajstić information content (AvgIpc) is 2.03. The molecular formula is C9H18O4. The van der Waals surface area contributed by atoms with Crippen LogP contribution in [0.5, 0.6) is 0 Å². The fourth-order valence-electron chi connectivity index (χ4n) is 1.97. The van der Waals surface area contributed by atoms with Crippen LogP contribution in [-0.4, -0.2) is 43.4 Å². The largest absolute Gasteiger partial charge is 0.376 e. The van der Waals surface area contributed by atoms with E-state index in [-0.39, 0.29) is 12.2 Å². The molecule has 1 aliphatic rings. The highest BCUT2D eigenvalue weighted by atomic mass is 16.6. The summed E-state index contributed by atoms with van der Waals surface area (Å²) in [4.78, 5) is 0. The van der Waals surface area contributed by atoms with Gasteiger partial charge in [0.05, 0.1) is 11.7 Å². The van der Waals surface area contributed by atoms with E-state index in [2.05, 4.69) is 0 Å². The van der Waals surface area contributed by atoms with Crippen molar-refractivity contribution in [2.24, 2.45) is 0 Å². The van der Waals surface area contributed by atoms with Gasteiger partial charge in [0.25, 0.3) is 0 Å². The minimum absolute atomic E-state index is 0.138. The van der Waals surface area contributed by atoms with Gasteiger partial charge in [-0.05, 0) is 13.8 Å². The van der Waals surface area contributed by atoms with Crippen molar-refractivity contribution in [2.75, 3.05) is 14.2 Å². The molecule has 0 saturated carbocycles. The van der Waals surface area contributed by atoms with Crippen LogP contribution in [0.3, 0.4) is 0 Å². The zero-order valence-electron chi connectivity index (χ0n) is 8.61. The van der Waals surface area contributed by atoms with E-state index in [0.29, 0.717) is 6.42 Å². The Labute approximate surface area is 78.8 Å². The zero-order valence-corrected chi connectivity index (χ0v) is 8.61. The number of rotatable bonds is 2. The Hall–Kier alpha value is -0.160. The Morgan fingerprint density at radius 1 is 1.46 bits per heavy atom. The number of methoxy groups -OCH3 is 2. The van der Waals surface area contributed by atoms with Gasteiger partial charge in [-0.25, -0.2) is 0 Å². The molecule has 4 heteroatoms. The van der Waals surface area contributed by atoms with E-state index in [4.69, 9.17) is 14.2 Å². The summed E-state index contributed by atoms with van der Waals surface area (Å²) in [5, 5.41) is 9.40. The molecule has 0 spiro atoms. The third-order valence-electron chi connectivity index (χ3n) is 2.70. The van der Waals surface area contributed by atoms with Crippen LogP contribution in [-0.2, 0) is 14.2 Å². The van der Waals surface area contributed by atoms with E-state index in [1.165, 1.54) is 0 Å². The molecule has 0 aromatic carbocycles. The van der Waals surface area contributed by atoms with Gasteiger partial charge in [-0.15, -0.1) is 0 Å². The highest BCUT2D eigenvalue weighted by molar-refractivity contribution is 4.93. The van der Waals surface area contributed by atoms with Crippen molar-refractivity contribution in [1.29, 1.82) is 0 Å². The summed E-state index contributed by atoms with van der Waals surface area (Å²) in [7, 11) is 3.25. The van der Waals surface area contributed by atoms with Gasteiger partial charge in [0.15, 0.2) is 6.29 Å². The molecule has 1 heterocycles. The minimum Gasteiger partial charge on any atom is -0.376 e. The molecule has 0 aromatic rings. The van der Waals surface area contributed by atoms with E-state index in [1.807, 2.05) is 13.8 Å². The van der Waals surface area contributed by atoms with Crippen LogP contribution in [0.1, 0.15) is 20.3 Å². The van der Waals surface area contributed by atoms with Gasteiger partial charge in [0.1, 0.15) is 6.10 Å². The molecule has 1 N–H and O–H groups in total. The second-order valence-electron chi connectivity index (χ2n) is 3.67. The van der Waals surface area contributed by atoms with Gasteiger partial charge in [0, 0.05) is 20.6 Å². The second-order valence-corrected chi connectivity index (χ2v) is 3.67. The maximum absolute atomic E-state index is 9.40. The third kappa shape index (κ3) is 2.02. The molecule has 4 unspecified atom stereocenters. The lowest BCUT2D eigenvalue weighted by Gasteiger charge is -2.44. The van der Waals surface area contributed by atoms with E-state index in [1.54, 1.807) is 14.2 Å². The maximum atomic E-state index is 9.40. The summed E-state index contributed by atoms with van der Waals surface area (Å²) < 4.78 is 15.9. The average molecular weight is 190 g/mol. The Balaban J connectivity index is 2.77. The molecule has 0 aliphatic carbocycles. The Morgan fingerprint density at radius 3 is 2.54 bits per heavy atom. The molecule has 0 bridgehead atoms. The quantitative estimate of drug-likeness (QED) is 0.690. The lowest BCUT2D eigenvalue weighted by molar-refractivity contribution is -0.269. The Bertz CT molecular complexity index is 173. The fraction of sp³-hybridized carbons (Fsp3) is 1.00. The number of aliphatic hydroxyl groups excluding tert-OH is 1. The first-order valence-corrected chi connectivity index (χ1v) is 4.45. The number of ether oxygens (including phenoxy) is 3. The van der Waals surface area contributed by atoms with E-state index < -0.39 is 11.9 Å². The van der Waals surface area contributed by atoms with Crippen LogP contribution in [0.4, 0.5) is 0 Å². The molecule has 4 atom stereocenters. The summed E-state index contributed by atoms with van der Waals surface area (Å²) in [6, 6.07) is 0. The van der Waals surface area contributed by atoms with E-state index in [0.717, 1.165) is 0 Å². The molecule has 0 amide bonds. The number of aliphatic hydroxyl groups is 1. The van der Waals surface area contributed by atoms with Crippen molar-refractivity contribution in [3.63, 3.8) is 0 Å². The van der Waals surface area contributed by atoms with E-state index >= 15 is 0 Å². The summed E-state index contributed by atoms with van der Waals surface area (Å²) in [5.41, 5.74) is -0.466. The topological polar surface area (TPSA) is 47.9 Å². The van der Waals surface area contributed by atoms with Crippen molar-refractivity contribution in [2.45, 2.75) is 44.4 Å². The first kappa shape index (κ1) is 10.9. The van der Waals surface area contributed by atoms with Crippen LogP contribution >= 0.6 is 0 Å². The van der Waals surface area contributed by atoms with Gasteiger partial charge in [-0.2, -0.15) is 0 Å². The normalized spacial score (nSPS) is 46.4. The predicted octanol–water partition coefficient (Wildman–Crippen LogP) is 0.534. The highest BCUT2D eigenvalue weighted by Crippen LogP contribution is 2.32. The van der Waals surface area contributed by atoms with Crippen molar-refractivity contribution in [3.05, 3.63) is 0 Å². The first-order valence-electron chi connectivity index (χ1n) is 4.45. The predicted molar refractivity (Wildman–Crippen MR) is 47.4 cm³/mol. The molecule has 13 heavy (non-hydrogen) atoms. The van der Waals surface area contributed by atoms with Crippen molar-refractivity contribution in [1.82, 2.24) is 0 Å². The second kappa shape index (κ2) is 3.92. The SMILES string of the molecule is COC1C(C)OC(O)CC1(C)OC. The zero-order chi connectivity index (χ0) is 10.1. The van der Waals surface area contributed by atoms with Crippen molar-refractivity contribution >= 4 is 0 Å². The Kier molecular flexibility index (Phi) is 3.29. The Morgan fingerprint density at radius 2 is 2.08 bits per heavy atom. The van der Waals surface area contributed by atoms with Crippen molar-refractivity contribution < 1.29 is 19.3 Å². The van der Waals surface area contributed by atoms with Gasteiger partial charge in [-0.1, -0.05) is 0 Å². The van der Waals surface area contributed by atoms with Crippen LogP contribution < -0.4 is 0 Å². The maximum Gasteiger partial charge on any atom is 0.157 e. The van der Waals surface area contributed by atoms with Gasteiger partial charge < -0.3 is 19.3 Å². The first-order chi connectivity index (χ1) is 6.03. The monoisotopic (exact) mass is 190 g/mol. The molecule has 4 nitrogen and oxygen atoms in total. The van der Waals surface area contributed by atoms with Crippen LogP contribution in [0.15, 0.2) is 0 Å².